The molecule has 11 heteroatoms. The molecule has 0 radical (unpaired) electrons. The number of nitrogens with zero attached hydrogens (tertiary/aromatic N) is 4. The average molecular weight is 574 g/mol. The van der Waals surface area contributed by atoms with Gasteiger partial charge in [-0.15, -0.1) is 0 Å². The molecule has 0 unspecified atom stereocenters. The number of hydrogen-bond donors (Lipinski definition) is 1. The lowest BCUT2D eigenvalue weighted by atomic mass is 10.1. The van der Waals surface area contributed by atoms with Crippen molar-refractivity contribution in [3.05, 3.63) is 83.2 Å². The fraction of sp³-hybridized carbons (Fsp3) is 0.323. The molecule has 0 amide bonds. The van der Waals surface area contributed by atoms with Crippen LogP contribution >= 0.6 is 0 Å². The Morgan fingerprint density at radius 3 is 2.81 bits per heavy atom. The summed E-state index contributed by atoms with van der Waals surface area (Å²) in [4.78, 5) is 22.5. The molecule has 4 heterocycles. The first-order chi connectivity index (χ1) is 20.4. The summed E-state index contributed by atoms with van der Waals surface area (Å²) in [6, 6.07) is 12.6. The van der Waals surface area contributed by atoms with E-state index in [-0.39, 0.29) is 18.2 Å². The summed E-state index contributed by atoms with van der Waals surface area (Å²) in [6.45, 7) is 9.55. The van der Waals surface area contributed by atoms with Gasteiger partial charge in [-0.1, -0.05) is 12.1 Å². The van der Waals surface area contributed by atoms with E-state index in [0.29, 0.717) is 33.3 Å². The molecule has 1 aliphatic rings. The molecule has 0 aliphatic carbocycles. The van der Waals surface area contributed by atoms with Crippen LogP contribution in [0.15, 0.2) is 55.0 Å². The third-order valence-electron chi connectivity index (χ3n) is 7.25. The Balaban J connectivity index is 1.11. The number of carbonyl (C=O) groups excluding carboxylic acids is 1. The molecule has 218 valence electrons. The first-order valence-corrected chi connectivity index (χ1v) is 13.9. The molecule has 1 aliphatic heterocycles. The molecule has 1 fully saturated rings. The van der Waals surface area contributed by atoms with Gasteiger partial charge < -0.3 is 23.9 Å². The molecule has 3 aromatic heterocycles. The second kappa shape index (κ2) is 11.8. The highest BCUT2D eigenvalue weighted by atomic mass is 19.1. The van der Waals surface area contributed by atoms with E-state index in [1.54, 1.807) is 41.9 Å². The summed E-state index contributed by atoms with van der Waals surface area (Å²) in [5.74, 6) is -0.115. The van der Waals surface area contributed by atoms with Crippen LogP contribution in [0.2, 0.25) is 0 Å². The van der Waals surface area contributed by atoms with Crippen LogP contribution in [0.3, 0.4) is 0 Å². The van der Waals surface area contributed by atoms with E-state index in [1.165, 1.54) is 6.33 Å². The molecule has 0 spiro atoms. The van der Waals surface area contributed by atoms with E-state index in [1.807, 2.05) is 32.0 Å². The number of aromatic nitrogens is 4. The Hall–Kier alpha value is -4.48. The fourth-order valence-corrected chi connectivity index (χ4v) is 5.10. The molecule has 10 nitrogen and oxygen atoms in total. The standard InChI is InChI=1S/C31H32FN5O5/c1-19-13-24-25(35-19)7-8-26(28(24)32)42-30-29-21(3)27(16-37(29)34-18-33-30)40-17-20(2)41-31(38)23-6-4-5-22(14-23)15-36-9-11-39-12-10-36/h4-8,13-14,16,18,20,35H,9-12,15,17H2,1-3H3/t20-/m1/s1. The lowest BCUT2D eigenvalue weighted by molar-refractivity contribution is 0.0227. The molecule has 2 aromatic carbocycles. The predicted molar refractivity (Wildman–Crippen MR) is 154 cm³/mol. The summed E-state index contributed by atoms with van der Waals surface area (Å²) in [5, 5.41) is 4.70. The zero-order valence-corrected chi connectivity index (χ0v) is 23.7. The van der Waals surface area contributed by atoms with Crippen molar-refractivity contribution in [1.29, 1.82) is 0 Å². The topological polar surface area (TPSA) is 103 Å². The highest BCUT2D eigenvalue weighted by Gasteiger charge is 2.20. The number of aryl methyl sites for hydroxylation is 2. The van der Waals surface area contributed by atoms with Crippen LogP contribution in [0, 0.1) is 19.7 Å². The van der Waals surface area contributed by atoms with Crippen molar-refractivity contribution < 1.29 is 28.1 Å². The fourth-order valence-electron chi connectivity index (χ4n) is 5.10. The van der Waals surface area contributed by atoms with Crippen molar-refractivity contribution in [2.45, 2.75) is 33.4 Å². The molecular weight excluding hydrogens is 541 g/mol. The van der Waals surface area contributed by atoms with E-state index < -0.39 is 17.9 Å². The van der Waals surface area contributed by atoms with Gasteiger partial charge in [0.1, 0.15) is 30.3 Å². The van der Waals surface area contributed by atoms with Gasteiger partial charge in [0.25, 0.3) is 0 Å². The molecule has 6 rings (SSSR count). The number of rotatable bonds is 9. The number of morpholine rings is 1. The number of hydrogen-bond acceptors (Lipinski definition) is 8. The number of esters is 1. The Bertz CT molecular complexity index is 1740. The minimum Gasteiger partial charge on any atom is -0.488 e. The van der Waals surface area contributed by atoms with Gasteiger partial charge in [-0.3, -0.25) is 4.90 Å². The summed E-state index contributed by atoms with van der Waals surface area (Å²) in [7, 11) is 0. The predicted octanol–water partition coefficient (Wildman–Crippen LogP) is 5.22. The van der Waals surface area contributed by atoms with E-state index in [4.69, 9.17) is 18.9 Å². The van der Waals surface area contributed by atoms with Crippen molar-refractivity contribution in [2.75, 3.05) is 32.9 Å². The van der Waals surface area contributed by atoms with Gasteiger partial charge in [0.05, 0.1) is 25.0 Å². The SMILES string of the molecule is Cc1cc2c(F)c(Oc3ncnn4cc(OC[C@@H](C)OC(=O)c5cccc(CN6CCOCC6)c5)c(C)c34)ccc2[nH]1. The zero-order valence-electron chi connectivity index (χ0n) is 23.7. The largest absolute Gasteiger partial charge is 0.488 e. The Morgan fingerprint density at radius 1 is 1.14 bits per heavy atom. The number of benzene rings is 2. The Labute approximate surface area is 242 Å². The van der Waals surface area contributed by atoms with Gasteiger partial charge in [0.2, 0.25) is 5.88 Å². The smallest absolute Gasteiger partial charge is 0.338 e. The summed E-state index contributed by atoms with van der Waals surface area (Å²) >= 11 is 0. The molecule has 0 saturated carbocycles. The van der Waals surface area contributed by atoms with Crippen molar-refractivity contribution in [3.63, 3.8) is 0 Å². The number of carbonyl (C=O) groups is 1. The lowest BCUT2D eigenvalue weighted by Gasteiger charge is -2.26. The minimum absolute atomic E-state index is 0.0553. The average Bonchev–Trinajstić information content (AvgIpc) is 3.53. The molecule has 1 saturated heterocycles. The van der Waals surface area contributed by atoms with Crippen LogP contribution < -0.4 is 9.47 Å². The summed E-state index contributed by atoms with van der Waals surface area (Å²) < 4.78 is 39.8. The van der Waals surface area contributed by atoms with Gasteiger partial charge in [-0.2, -0.15) is 10.1 Å². The van der Waals surface area contributed by atoms with Crippen molar-refractivity contribution >= 4 is 22.4 Å². The van der Waals surface area contributed by atoms with Gasteiger partial charge in [0.15, 0.2) is 11.6 Å². The number of H-pyrrole nitrogens is 1. The van der Waals surface area contributed by atoms with Crippen molar-refractivity contribution in [2.24, 2.45) is 0 Å². The third-order valence-corrected chi connectivity index (χ3v) is 7.25. The Morgan fingerprint density at radius 2 is 1.98 bits per heavy atom. The second-order valence-corrected chi connectivity index (χ2v) is 10.5. The zero-order chi connectivity index (χ0) is 29.2. The summed E-state index contributed by atoms with van der Waals surface area (Å²) in [6.07, 6.45) is 2.51. The van der Waals surface area contributed by atoms with Gasteiger partial charge in [-0.25, -0.2) is 13.7 Å². The second-order valence-electron chi connectivity index (χ2n) is 10.5. The summed E-state index contributed by atoms with van der Waals surface area (Å²) in [5.41, 5.74) is 4.34. The van der Waals surface area contributed by atoms with E-state index in [2.05, 4.69) is 20.0 Å². The molecular formula is C31H32FN5O5. The molecule has 42 heavy (non-hydrogen) atoms. The number of fused-ring (bicyclic) bond motifs is 2. The van der Waals surface area contributed by atoms with Crippen LogP contribution in [-0.4, -0.2) is 69.5 Å². The number of halogens is 1. The quantitative estimate of drug-likeness (QED) is 0.240. The number of aromatic amines is 1. The minimum atomic E-state index is -0.518. The van der Waals surface area contributed by atoms with E-state index >= 15 is 4.39 Å². The highest BCUT2D eigenvalue weighted by molar-refractivity contribution is 5.89. The van der Waals surface area contributed by atoms with Gasteiger partial charge in [0, 0.05) is 41.8 Å². The molecule has 0 bridgehead atoms. The first kappa shape index (κ1) is 27.7. The maximum atomic E-state index is 15.2. The van der Waals surface area contributed by atoms with Crippen LogP contribution in [-0.2, 0) is 16.0 Å². The van der Waals surface area contributed by atoms with E-state index in [0.717, 1.165) is 44.1 Å². The maximum absolute atomic E-state index is 15.2. The maximum Gasteiger partial charge on any atom is 0.338 e. The van der Waals surface area contributed by atoms with Crippen LogP contribution in [0.25, 0.3) is 16.4 Å². The van der Waals surface area contributed by atoms with Crippen molar-refractivity contribution in [3.8, 4) is 17.4 Å². The highest BCUT2D eigenvalue weighted by Crippen LogP contribution is 2.34. The van der Waals surface area contributed by atoms with Crippen LogP contribution in [0.1, 0.15) is 34.1 Å². The third kappa shape index (κ3) is 5.79. The number of ether oxygens (including phenoxy) is 4. The molecule has 5 aromatic rings. The van der Waals surface area contributed by atoms with Crippen LogP contribution in [0.4, 0.5) is 4.39 Å². The number of nitrogens with one attached hydrogen (secondary N) is 1. The van der Waals surface area contributed by atoms with Crippen LogP contribution in [0.5, 0.6) is 17.4 Å². The van der Waals surface area contributed by atoms with E-state index in [9.17, 15) is 4.79 Å². The monoisotopic (exact) mass is 573 g/mol. The normalized spacial score (nSPS) is 14.8. The molecule has 1 atom stereocenters. The molecule has 1 N–H and O–H groups in total. The van der Waals surface area contributed by atoms with Crippen molar-refractivity contribution in [1.82, 2.24) is 24.5 Å². The van der Waals surface area contributed by atoms with Gasteiger partial charge >= 0.3 is 5.97 Å². The first-order valence-electron chi connectivity index (χ1n) is 13.9. The lowest BCUT2D eigenvalue weighted by Crippen LogP contribution is -2.35. The van der Waals surface area contributed by atoms with Gasteiger partial charge in [-0.05, 0) is 56.7 Å². The Kier molecular flexibility index (Phi) is 7.77.